The number of hydrogen-bond donors (Lipinski definition) is 2. The third-order valence-electron chi connectivity index (χ3n) is 5.59. The van der Waals surface area contributed by atoms with Crippen LogP contribution in [-0.2, 0) is 4.79 Å². The molecule has 0 aliphatic carbocycles. The van der Waals surface area contributed by atoms with E-state index in [-0.39, 0.29) is 17.2 Å². The second kappa shape index (κ2) is 13.3. The smallest absolute Gasteiger partial charge is 0.272 e. The Kier molecular flexibility index (Phi) is 9.60. The van der Waals surface area contributed by atoms with Gasteiger partial charge in [-0.2, -0.15) is 0 Å². The summed E-state index contributed by atoms with van der Waals surface area (Å²) in [5.74, 6) is -0.786. The zero-order valence-electron chi connectivity index (χ0n) is 20.9. The molecule has 0 spiro atoms. The summed E-state index contributed by atoms with van der Waals surface area (Å²) in [6.45, 7) is 1.95. The van der Waals surface area contributed by atoms with Crippen molar-refractivity contribution in [2.75, 3.05) is 11.1 Å². The fraction of sp³-hybridized carbons (Fsp3) is 0.0645. The summed E-state index contributed by atoms with van der Waals surface area (Å²) in [5.41, 5.74) is 3.34. The van der Waals surface area contributed by atoms with Gasteiger partial charge in [0, 0.05) is 21.7 Å². The topological polar surface area (TPSA) is 75.3 Å². The van der Waals surface area contributed by atoms with Gasteiger partial charge in [0.1, 0.15) is 5.70 Å². The molecule has 5 nitrogen and oxygen atoms in total. The Balaban J connectivity index is 1.49. The number of amides is 2. The molecule has 4 aromatic rings. The maximum absolute atomic E-state index is 13.3. The number of halogens is 2. The standard InChI is InChI=1S/C31H24Cl2N2O3S/c1-20-7-5-8-21(15-20)16-28(35-30(37)22-9-3-2-4-10-22)31(38)34-24-11-6-12-25(18-24)39-19-29(36)23-13-14-26(32)27(33)17-23/h2-18H,19H2,1H3,(H,34,38)(H,35,37)/b28-16-. The van der Waals surface area contributed by atoms with Crippen LogP contribution in [0.3, 0.4) is 0 Å². The summed E-state index contributed by atoms with van der Waals surface area (Å²) in [4.78, 5) is 39.6. The van der Waals surface area contributed by atoms with Gasteiger partial charge in [0.25, 0.3) is 11.8 Å². The van der Waals surface area contributed by atoms with Crippen molar-refractivity contribution in [3.8, 4) is 0 Å². The van der Waals surface area contributed by atoms with Crippen LogP contribution in [0.1, 0.15) is 31.8 Å². The highest BCUT2D eigenvalue weighted by atomic mass is 35.5. The molecule has 0 heterocycles. The number of Topliss-reactive ketones (excluding diaryl/α,β-unsaturated/α-hetero) is 1. The highest BCUT2D eigenvalue weighted by Gasteiger charge is 2.16. The SMILES string of the molecule is Cc1cccc(/C=C(\NC(=O)c2ccccc2)C(=O)Nc2cccc(SCC(=O)c3ccc(Cl)c(Cl)c3)c2)c1. The lowest BCUT2D eigenvalue weighted by Crippen LogP contribution is -2.30. The lowest BCUT2D eigenvalue weighted by molar-refractivity contribution is -0.113. The molecule has 2 amide bonds. The number of nitrogens with one attached hydrogen (secondary N) is 2. The number of rotatable bonds is 9. The van der Waals surface area contributed by atoms with Crippen molar-refractivity contribution in [3.05, 3.63) is 135 Å². The average Bonchev–Trinajstić information content (AvgIpc) is 2.93. The van der Waals surface area contributed by atoms with E-state index in [1.165, 1.54) is 11.8 Å². The molecule has 0 fully saturated rings. The lowest BCUT2D eigenvalue weighted by atomic mass is 10.1. The summed E-state index contributed by atoms with van der Waals surface area (Å²) in [5, 5.41) is 6.31. The van der Waals surface area contributed by atoms with Gasteiger partial charge in [-0.15, -0.1) is 11.8 Å². The molecule has 2 N–H and O–H groups in total. The van der Waals surface area contributed by atoms with Crippen molar-refractivity contribution in [2.45, 2.75) is 11.8 Å². The molecule has 0 unspecified atom stereocenters. The minimum absolute atomic E-state index is 0.0972. The number of aryl methyl sites for hydroxylation is 1. The molecule has 39 heavy (non-hydrogen) atoms. The zero-order valence-corrected chi connectivity index (χ0v) is 23.2. The monoisotopic (exact) mass is 574 g/mol. The van der Waals surface area contributed by atoms with Crippen LogP contribution in [0.2, 0.25) is 10.0 Å². The highest BCUT2D eigenvalue weighted by Crippen LogP contribution is 2.26. The van der Waals surface area contributed by atoms with E-state index in [1.807, 2.05) is 43.3 Å². The van der Waals surface area contributed by atoms with Crippen LogP contribution in [0.5, 0.6) is 0 Å². The van der Waals surface area contributed by atoms with Gasteiger partial charge in [-0.3, -0.25) is 14.4 Å². The van der Waals surface area contributed by atoms with Gasteiger partial charge in [-0.1, -0.05) is 77.3 Å². The Morgan fingerprint density at radius 1 is 0.795 bits per heavy atom. The molecule has 0 atom stereocenters. The number of ketones is 1. The van der Waals surface area contributed by atoms with Crippen LogP contribution in [0.4, 0.5) is 5.69 Å². The third kappa shape index (κ3) is 8.07. The van der Waals surface area contributed by atoms with Crippen LogP contribution < -0.4 is 10.6 Å². The first-order valence-corrected chi connectivity index (χ1v) is 13.7. The quantitative estimate of drug-likeness (QED) is 0.122. The summed E-state index contributed by atoms with van der Waals surface area (Å²) >= 11 is 13.3. The number of benzene rings is 4. The van der Waals surface area contributed by atoms with Crippen molar-refractivity contribution in [2.24, 2.45) is 0 Å². The van der Waals surface area contributed by atoms with Gasteiger partial charge in [0.2, 0.25) is 0 Å². The van der Waals surface area contributed by atoms with Crippen LogP contribution in [-0.4, -0.2) is 23.4 Å². The first kappa shape index (κ1) is 28.2. The molecule has 0 aromatic heterocycles. The Morgan fingerprint density at radius 2 is 1.56 bits per heavy atom. The van der Waals surface area contributed by atoms with Gasteiger partial charge in [-0.05, 0) is 67.1 Å². The number of thioether (sulfide) groups is 1. The normalized spacial score (nSPS) is 11.1. The Hall–Kier alpha value is -3.84. The largest absolute Gasteiger partial charge is 0.321 e. The number of carbonyl (C=O) groups is 3. The van der Waals surface area contributed by atoms with E-state index in [4.69, 9.17) is 23.2 Å². The van der Waals surface area contributed by atoms with Gasteiger partial charge >= 0.3 is 0 Å². The first-order chi connectivity index (χ1) is 18.8. The summed E-state index contributed by atoms with van der Waals surface area (Å²) in [6, 6.07) is 28.2. The predicted molar refractivity (Wildman–Crippen MR) is 160 cm³/mol. The van der Waals surface area contributed by atoms with Crippen LogP contribution in [0.15, 0.2) is 108 Å². The first-order valence-electron chi connectivity index (χ1n) is 12.0. The second-order valence-electron chi connectivity index (χ2n) is 8.61. The van der Waals surface area contributed by atoms with Crippen molar-refractivity contribution in [1.29, 1.82) is 0 Å². The van der Waals surface area contributed by atoms with Crippen molar-refractivity contribution < 1.29 is 14.4 Å². The Bertz CT molecular complexity index is 1550. The molecule has 0 aliphatic rings. The van der Waals surface area contributed by atoms with E-state index in [0.29, 0.717) is 26.9 Å². The van der Waals surface area contributed by atoms with Gasteiger partial charge < -0.3 is 10.6 Å². The van der Waals surface area contributed by atoms with E-state index in [0.717, 1.165) is 16.0 Å². The Labute approximate surface area is 241 Å². The molecule has 8 heteroatoms. The fourth-order valence-electron chi connectivity index (χ4n) is 3.63. The summed E-state index contributed by atoms with van der Waals surface area (Å²) in [7, 11) is 0. The molecule has 0 saturated carbocycles. The van der Waals surface area contributed by atoms with E-state index >= 15 is 0 Å². The van der Waals surface area contributed by atoms with E-state index in [2.05, 4.69) is 10.6 Å². The molecular weight excluding hydrogens is 551 g/mol. The van der Waals surface area contributed by atoms with E-state index in [9.17, 15) is 14.4 Å². The molecule has 0 aliphatic heterocycles. The van der Waals surface area contributed by atoms with Crippen LogP contribution >= 0.6 is 35.0 Å². The molecule has 196 valence electrons. The number of anilines is 1. The molecule has 4 rings (SSSR count). The highest BCUT2D eigenvalue weighted by molar-refractivity contribution is 8.00. The average molecular weight is 576 g/mol. The maximum atomic E-state index is 13.3. The summed E-state index contributed by atoms with van der Waals surface area (Å²) < 4.78 is 0. The minimum atomic E-state index is -0.477. The fourth-order valence-corrected chi connectivity index (χ4v) is 4.78. The zero-order chi connectivity index (χ0) is 27.8. The van der Waals surface area contributed by atoms with Crippen LogP contribution in [0.25, 0.3) is 6.08 Å². The lowest BCUT2D eigenvalue weighted by Gasteiger charge is -2.12. The molecule has 0 radical (unpaired) electrons. The molecular formula is C31H24Cl2N2O3S. The Morgan fingerprint density at radius 3 is 2.31 bits per heavy atom. The third-order valence-corrected chi connectivity index (χ3v) is 7.32. The number of hydrogen-bond acceptors (Lipinski definition) is 4. The van der Waals surface area contributed by atoms with Crippen molar-refractivity contribution in [3.63, 3.8) is 0 Å². The van der Waals surface area contributed by atoms with Crippen LogP contribution in [0, 0.1) is 6.92 Å². The van der Waals surface area contributed by atoms with Gasteiger partial charge in [0.05, 0.1) is 15.8 Å². The van der Waals surface area contributed by atoms with Gasteiger partial charge in [-0.25, -0.2) is 0 Å². The van der Waals surface area contributed by atoms with E-state index < -0.39 is 11.8 Å². The second-order valence-corrected chi connectivity index (χ2v) is 10.5. The summed E-state index contributed by atoms with van der Waals surface area (Å²) in [6.07, 6.45) is 1.64. The van der Waals surface area contributed by atoms with Crippen molar-refractivity contribution >= 4 is 64.3 Å². The predicted octanol–water partition coefficient (Wildman–Crippen LogP) is 7.69. The molecule has 0 bridgehead atoms. The van der Waals surface area contributed by atoms with Crippen molar-refractivity contribution in [1.82, 2.24) is 5.32 Å². The number of carbonyl (C=O) groups excluding carboxylic acids is 3. The minimum Gasteiger partial charge on any atom is -0.321 e. The molecule has 0 saturated heterocycles. The van der Waals surface area contributed by atoms with Gasteiger partial charge in [0.15, 0.2) is 5.78 Å². The van der Waals surface area contributed by atoms with E-state index in [1.54, 1.807) is 66.7 Å². The maximum Gasteiger partial charge on any atom is 0.272 e. The molecule has 4 aromatic carbocycles.